The molecule has 1 aliphatic heterocycles. The summed E-state index contributed by atoms with van der Waals surface area (Å²) in [4.78, 5) is 25.1. The number of carbonyl (C=O) groups excluding carboxylic acids is 1. The highest BCUT2D eigenvalue weighted by Gasteiger charge is 2.30. The highest BCUT2D eigenvalue weighted by atomic mass is 19.4. The van der Waals surface area contributed by atoms with Crippen LogP contribution in [-0.2, 0) is 30.3 Å². The zero-order chi connectivity index (χ0) is 19.6. The van der Waals surface area contributed by atoms with Gasteiger partial charge in [-0.15, -0.1) is 0 Å². The largest absolute Gasteiger partial charge is 0.462 e. The van der Waals surface area contributed by atoms with Crippen LogP contribution in [-0.4, -0.2) is 17.1 Å². The molecule has 0 spiro atoms. The second kappa shape index (κ2) is 7.58. The van der Waals surface area contributed by atoms with Crippen LogP contribution in [0.2, 0.25) is 0 Å². The zero-order valence-corrected chi connectivity index (χ0v) is 14.9. The molecule has 0 N–H and O–H groups in total. The first-order valence-corrected chi connectivity index (χ1v) is 8.90. The van der Waals surface area contributed by atoms with Crippen LogP contribution in [0.25, 0.3) is 0 Å². The third-order valence-corrected chi connectivity index (χ3v) is 4.69. The molecule has 0 saturated heterocycles. The van der Waals surface area contributed by atoms with Crippen LogP contribution in [0.1, 0.15) is 52.5 Å². The molecular formula is C20H20F3NO3. The highest BCUT2D eigenvalue weighted by molar-refractivity contribution is 5.91. The SMILES string of the molecule is CCOC(=O)c1cc(Cc2ccc(C(F)(F)F)cc2)c(=O)n2c1CCCC2. The molecule has 0 aliphatic carbocycles. The van der Waals surface area contributed by atoms with Gasteiger partial charge in [0.25, 0.3) is 5.56 Å². The summed E-state index contributed by atoms with van der Waals surface area (Å²) in [5.41, 5.74) is 1.08. The summed E-state index contributed by atoms with van der Waals surface area (Å²) in [6.45, 7) is 2.47. The number of hydrogen-bond acceptors (Lipinski definition) is 3. The number of aromatic nitrogens is 1. The normalized spacial score (nSPS) is 13.9. The fourth-order valence-corrected chi connectivity index (χ4v) is 3.37. The Labute approximate surface area is 154 Å². The molecule has 7 heteroatoms. The van der Waals surface area contributed by atoms with Crippen molar-refractivity contribution in [3.63, 3.8) is 0 Å². The van der Waals surface area contributed by atoms with E-state index >= 15 is 0 Å². The Morgan fingerprint density at radius 3 is 2.52 bits per heavy atom. The van der Waals surface area contributed by atoms with Crippen LogP contribution in [0.3, 0.4) is 0 Å². The molecule has 0 fully saturated rings. The van der Waals surface area contributed by atoms with Crippen molar-refractivity contribution in [2.75, 3.05) is 6.61 Å². The lowest BCUT2D eigenvalue weighted by Crippen LogP contribution is -2.32. The Hall–Kier alpha value is -2.57. The van der Waals surface area contributed by atoms with E-state index in [0.717, 1.165) is 25.0 Å². The average molecular weight is 379 g/mol. The lowest BCUT2D eigenvalue weighted by molar-refractivity contribution is -0.137. The second-order valence-corrected chi connectivity index (χ2v) is 6.54. The molecule has 0 saturated carbocycles. The first-order valence-electron chi connectivity index (χ1n) is 8.90. The number of hydrogen-bond donors (Lipinski definition) is 0. The minimum Gasteiger partial charge on any atom is -0.462 e. The molecule has 0 amide bonds. The molecule has 0 atom stereocenters. The fourth-order valence-electron chi connectivity index (χ4n) is 3.37. The van der Waals surface area contributed by atoms with Gasteiger partial charge in [-0.3, -0.25) is 4.79 Å². The molecule has 2 aromatic rings. The molecule has 3 rings (SSSR count). The van der Waals surface area contributed by atoms with E-state index in [1.165, 1.54) is 18.2 Å². The van der Waals surface area contributed by atoms with E-state index in [1.54, 1.807) is 11.5 Å². The Bertz CT molecular complexity index is 898. The van der Waals surface area contributed by atoms with Gasteiger partial charge in [0.2, 0.25) is 0 Å². The van der Waals surface area contributed by atoms with Crippen molar-refractivity contribution in [1.29, 1.82) is 0 Å². The molecule has 0 bridgehead atoms. The van der Waals surface area contributed by atoms with Crippen LogP contribution in [0.15, 0.2) is 35.1 Å². The van der Waals surface area contributed by atoms with Crippen LogP contribution in [0.4, 0.5) is 13.2 Å². The van der Waals surface area contributed by atoms with Crippen molar-refractivity contribution < 1.29 is 22.7 Å². The fraction of sp³-hybridized carbons (Fsp3) is 0.400. The summed E-state index contributed by atoms with van der Waals surface area (Å²) in [6, 6.07) is 6.25. The number of rotatable bonds is 4. The van der Waals surface area contributed by atoms with E-state index in [0.29, 0.717) is 35.3 Å². The standard InChI is InChI=1S/C20H20F3NO3/c1-2-27-19(26)16-12-14(18(25)24-10-4-3-5-17(16)24)11-13-6-8-15(9-7-13)20(21,22)23/h6-9,12H,2-5,10-11H2,1H3. The predicted molar refractivity (Wildman–Crippen MR) is 93.8 cm³/mol. The molecule has 4 nitrogen and oxygen atoms in total. The Kier molecular flexibility index (Phi) is 5.39. The maximum Gasteiger partial charge on any atom is 0.416 e. The molecule has 27 heavy (non-hydrogen) atoms. The first-order chi connectivity index (χ1) is 12.8. The Balaban J connectivity index is 1.99. The van der Waals surface area contributed by atoms with Gasteiger partial charge >= 0.3 is 12.1 Å². The zero-order valence-electron chi connectivity index (χ0n) is 14.9. The number of nitrogens with zero attached hydrogens (tertiary/aromatic N) is 1. The monoisotopic (exact) mass is 379 g/mol. The second-order valence-electron chi connectivity index (χ2n) is 6.54. The van der Waals surface area contributed by atoms with Crippen LogP contribution >= 0.6 is 0 Å². The van der Waals surface area contributed by atoms with E-state index in [1.807, 2.05) is 0 Å². The molecule has 0 unspecified atom stereocenters. The van der Waals surface area contributed by atoms with Crippen molar-refractivity contribution >= 4 is 5.97 Å². The highest BCUT2D eigenvalue weighted by Crippen LogP contribution is 2.29. The van der Waals surface area contributed by atoms with Gasteiger partial charge in [0.1, 0.15) is 0 Å². The van der Waals surface area contributed by atoms with E-state index < -0.39 is 17.7 Å². The summed E-state index contributed by atoms with van der Waals surface area (Å²) in [5, 5.41) is 0. The van der Waals surface area contributed by atoms with E-state index in [-0.39, 0.29) is 18.6 Å². The van der Waals surface area contributed by atoms with Gasteiger partial charge in [-0.05, 0) is 49.9 Å². The lowest BCUT2D eigenvalue weighted by Gasteiger charge is -2.22. The maximum atomic E-state index is 12.8. The minimum absolute atomic E-state index is 0.156. The number of ether oxygens (including phenoxy) is 1. The first kappa shape index (κ1) is 19.2. The number of pyridine rings is 1. The number of fused-ring (bicyclic) bond motifs is 1. The van der Waals surface area contributed by atoms with Crippen LogP contribution in [0, 0.1) is 0 Å². The lowest BCUT2D eigenvalue weighted by atomic mass is 9.98. The predicted octanol–water partition coefficient (Wildman–Crippen LogP) is 3.97. The Morgan fingerprint density at radius 1 is 1.19 bits per heavy atom. The van der Waals surface area contributed by atoms with Crippen molar-refractivity contribution in [3.8, 4) is 0 Å². The quantitative estimate of drug-likeness (QED) is 0.756. The molecule has 1 aromatic carbocycles. The minimum atomic E-state index is -4.40. The third-order valence-electron chi connectivity index (χ3n) is 4.69. The van der Waals surface area contributed by atoms with Gasteiger partial charge in [0.15, 0.2) is 0 Å². The van der Waals surface area contributed by atoms with Crippen LogP contribution in [0.5, 0.6) is 0 Å². The van der Waals surface area contributed by atoms with Gasteiger partial charge in [-0.25, -0.2) is 4.79 Å². The number of esters is 1. The maximum absolute atomic E-state index is 12.8. The molecule has 1 aromatic heterocycles. The van der Waals surface area contributed by atoms with Crippen molar-refractivity contribution in [2.24, 2.45) is 0 Å². The van der Waals surface area contributed by atoms with Gasteiger partial charge in [-0.1, -0.05) is 12.1 Å². The molecule has 0 radical (unpaired) electrons. The number of alkyl halides is 3. The smallest absolute Gasteiger partial charge is 0.416 e. The van der Waals surface area contributed by atoms with E-state index in [4.69, 9.17) is 4.74 Å². The van der Waals surface area contributed by atoms with Crippen LogP contribution < -0.4 is 5.56 Å². The van der Waals surface area contributed by atoms with E-state index in [2.05, 4.69) is 0 Å². The van der Waals surface area contributed by atoms with Crippen molar-refractivity contribution in [3.05, 3.63) is 68.6 Å². The molecule has 1 aliphatic rings. The Morgan fingerprint density at radius 2 is 1.89 bits per heavy atom. The summed E-state index contributed by atoms with van der Waals surface area (Å²) >= 11 is 0. The van der Waals surface area contributed by atoms with Gasteiger partial charge in [0, 0.05) is 24.2 Å². The number of benzene rings is 1. The number of halogens is 3. The molecular weight excluding hydrogens is 359 g/mol. The average Bonchev–Trinajstić information content (AvgIpc) is 2.64. The number of carbonyl (C=O) groups is 1. The third kappa shape index (κ3) is 4.07. The summed E-state index contributed by atoms with van der Waals surface area (Å²) in [6.07, 6.45) is -1.88. The van der Waals surface area contributed by atoms with Gasteiger partial charge in [-0.2, -0.15) is 13.2 Å². The molecule has 144 valence electrons. The summed E-state index contributed by atoms with van der Waals surface area (Å²) in [7, 11) is 0. The summed E-state index contributed by atoms with van der Waals surface area (Å²) in [5.74, 6) is -0.475. The topological polar surface area (TPSA) is 48.3 Å². The van der Waals surface area contributed by atoms with Gasteiger partial charge in [0.05, 0.1) is 17.7 Å². The molecule has 2 heterocycles. The van der Waals surface area contributed by atoms with Gasteiger partial charge < -0.3 is 9.30 Å². The summed E-state index contributed by atoms with van der Waals surface area (Å²) < 4.78 is 44.8. The van der Waals surface area contributed by atoms with Crippen molar-refractivity contribution in [1.82, 2.24) is 4.57 Å². The van der Waals surface area contributed by atoms with Crippen molar-refractivity contribution in [2.45, 2.75) is 45.3 Å². The van der Waals surface area contributed by atoms with E-state index in [9.17, 15) is 22.8 Å².